The summed E-state index contributed by atoms with van der Waals surface area (Å²) < 4.78 is 23.9. The number of carbonyl (C=O) groups is 1. The van der Waals surface area contributed by atoms with Crippen LogP contribution in [0.15, 0.2) is 42.5 Å². The third-order valence-corrected chi connectivity index (χ3v) is 4.55. The minimum absolute atomic E-state index is 0.131. The number of ether oxygens (including phenoxy) is 2. The normalized spacial score (nSPS) is 10.6. The number of aromatic amines is 1. The maximum atomic E-state index is 13.1. The number of aromatic nitrogens is 2. The Hall–Kier alpha value is -3.35. The molecule has 0 atom stereocenters. The van der Waals surface area contributed by atoms with Crippen LogP contribution in [0.5, 0.6) is 11.5 Å². The van der Waals surface area contributed by atoms with Gasteiger partial charge in [-0.2, -0.15) is 5.10 Å². The van der Waals surface area contributed by atoms with Crippen molar-refractivity contribution in [1.29, 1.82) is 0 Å². The molecule has 29 heavy (non-hydrogen) atoms. The van der Waals surface area contributed by atoms with Gasteiger partial charge in [-0.3, -0.25) is 9.89 Å². The maximum absolute atomic E-state index is 13.1. The minimum atomic E-state index is -0.332. The Morgan fingerprint density at radius 3 is 2.55 bits per heavy atom. The van der Waals surface area contributed by atoms with E-state index < -0.39 is 0 Å². The van der Waals surface area contributed by atoms with E-state index in [1.807, 2.05) is 6.07 Å². The molecule has 0 aliphatic carbocycles. The lowest BCUT2D eigenvalue weighted by atomic mass is 10.1. The fourth-order valence-corrected chi connectivity index (χ4v) is 3.11. The van der Waals surface area contributed by atoms with Crippen LogP contribution in [0.1, 0.15) is 24.6 Å². The van der Waals surface area contributed by atoms with Crippen molar-refractivity contribution in [1.82, 2.24) is 10.2 Å². The smallest absolute Gasteiger partial charge is 0.228 e. The van der Waals surface area contributed by atoms with Crippen LogP contribution in [-0.2, 0) is 17.6 Å². The quantitative estimate of drug-likeness (QED) is 0.592. The summed E-state index contributed by atoms with van der Waals surface area (Å²) in [5.74, 6) is 0.735. The van der Waals surface area contributed by atoms with Crippen molar-refractivity contribution in [2.45, 2.75) is 26.2 Å². The van der Waals surface area contributed by atoms with Gasteiger partial charge in [-0.1, -0.05) is 25.5 Å². The Morgan fingerprint density at radius 1 is 1.14 bits per heavy atom. The average Bonchev–Trinajstić information content (AvgIpc) is 3.11. The van der Waals surface area contributed by atoms with Crippen molar-refractivity contribution in [3.63, 3.8) is 0 Å². The second-order valence-electron chi connectivity index (χ2n) is 6.59. The van der Waals surface area contributed by atoms with E-state index in [4.69, 9.17) is 9.47 Å². The molecule has 2 aromatic carbocycles. The zero-order valence-corrected chi connectivity index (χ0v) is 16.7. The summed E-state index contributed by atoms with van der Waals surface area (Å²) in [6.07, 6.45) is 1.74. The molecule has 1 aromatic heterocycles. The number of halogens is 1. The first-order valence-corrected chi connectivity index (χ1v) is 9.39. The van der Waals surface area contributed by atoms with Gasteiger partial charge in [0.05, 0.1) is 32.0 Å². The monoisotopic (exact) mass is 397 g/mol. The van der Waals surface area contributed by atoms with E-state index in [0.717, 1.165) is 24.1 Å². The van der Waals surface area contributed by atoms with Gasteiger partial charge in [0.25, 0.3) is 0 Å². The minimum Gasteiger partial charge on any atom is -0.497 e. The first kappa shape index (κ1) is 20.4. The molecule has 0 saturated carbocycles. The zero-order valence-electron chi connectivity index (χ0n) is 16.7. The van der Waals surface area contributed by atoms with E-state index in [1.54, 1.807) is 38.5 Å². The lowest BCUT2D eigenvalue weighted by molar-refractivity contribution is -0.115. The van der Waals surface area contributed by atoms with Crippen LogP contribution in [0, 0.1) is 5.82 Å². The van der Waals surface area contributed by atoms with Gasteiger partial charge in [0, 0.05) is 5.56 Å². The predicted molar refractivity (Wildman–Crippen MR) is 110 cm³/mol. The molecular weight excluding hydrogens is 373 g/mol. The molecule has 7 heteroatoms. The molecule has 0 aliphatic heterocycles. The SMILES string of the molecule is CCCc1[nH]nc(-c2cc(OC)ccc2OC)c1NC(=O)Cc1ccc(F)cc1. The zero-order chi connectivity index (χ0) is 20.8. The number of anilines is 1. The Bertz CT molecular complexity index is 983. The number of H-pyrrole nitrogens is 1. The number of aryl methyl sites for hydroxylation is 1. The fourth-order valence-electron chi connectivity index (χ4n) is 3.11. The Balaban J connectivity index is 1.94. The molecule has 0 bridgehead atoms. The van der Waals surface area contributed by atoms with Crippen LogP contribution in [0.3, 0.4) is 0 Å². The van der Waals surface area contributed by atoms with E-state index in [-0.39, 0.29) is 18.1 Å². The lowest BCUT2D eigenvalue weighted by Crippen LogP contribution is -2.15. The Labute approximate surface area is 169 Å². The lowest BCUT2D eigenvalue weighted by Gasteiger charge is -2.12. The third kappa shape index (κ3) is 4.74. The van der Waals surface area contributed by atoms with Gasteiger partial charge in [0.15, 0.2) is 0 Å². The standard InChI is InChI=1S/C22H24FN3O3/c1-4-5-18-22(24-20(27)12-14-6-8-15(23)9-7-14)21(26-25-18)17-13-16(28-2)10-11-19(17)29-3/h6-11,13H,4-5,12H2,1-3H3,(H,24,27)(H,25,26). The van der Waals surface area contributed by atoms with Crippen molar-refractivity contribution in [2.24, 2.45) is 0 Å². The van der Waals surface area contributed by atoms with Crippen molar-refractivity contribution >= 4 is 11.6 Å². The van der Waals surface area contributed by atoms with Crippen LogP contribution in [-0.4, -0.2) is 30.3 Å². The van der Waals surface area contributed by atoms with Gasteiger partial charge in [-0.25, -0.2) is 4.39 Å². The molecule has 0 spiro atoms. The Morgan fingerprint density at radius 2 is 1.90 bits per heavy atom. The number of carbonyl (C=O) groups excluding carboxylic acids is 1. The summed E-state index contributed by atoms with van der Waals surface area (Å²) in [6.45, 7) is 2.05. The highest BCUT2D eigenvalue weighted by atomic mass is 19.1. The summed E-state index contributed by atoms with van der Waals surface area (Å²) in [6, 6.07) is 11.3. The van der Waals surface area contributed by atoms with Crippen molar-refractivity contribution in [3.05, 3.63) is 59.5 Å². The summed E-state index contributed by atoms with van der Waals surface area (Å²) in [5.41, 5.74) is 3.47. The second-order valence-corrected chi connectivity index (χ2v) is 6.59. The van der Waals surface area contributed by atoms with Crippen LogP contribution in [0.25, 0.3) is 11.3 Å². The second kappa shape index (κ2) is 9.23. The maximum Gasteiger partial charge on any atom is 0.228 e. The summed E-state index contributed by atoms with van der Waals surface area (Å²) in [4.78, 5) is 12.7. The van der Waals surface area contributed by atoms with E-state index in [0.29, 0.717) is 28.4 Å². The number of nitrogens with one attached hydrogen (secondary N) is 2. The average molecular weight is 397 g/mol. The molecule has 1 amide bonds. The molecule has 6 nitrogen and oxygen atoms in total. The molecule has 152 valence electrons. The van der Waals surface area contributed by atoms with Crippen LogP contribution >= 0.6 is 0 Å². The largest absolute Gasteiger partial charge is 0.497 e. The molecule has 2 N–H and O–H groups in total. The van der Waals surface area contributed by atoms with Gasteiger partial charge in [-0.15, -0.1) is 0 Å². The van der Waals surface area contributed by atoms with Crippen LogP contribution in [0.4, 0.5) is 10.1 Å². The van der Waals surface area contributed by atoms with Crippen LogP contribution in [0.2, 0.25) is 0 Å². The number of methoxy groups -OCH3 is 2. The number of nitrogens with zero attached hydrogens (tertiary/aromatic N) is 1. The van der Waals surface area contributed by atoms with E-state index >= 15 is 0 Å². The van der Waals surface area contributed by atoms with Gasteiger partial charge < -0.3 is 14.8 Å². The molecule has 0 unspecified atom stereocenters. The number of amides is 1. The van der Waals surface area contributed by atoms with Crippen LogP contribution < -0.4 is 14.8 Å². The van der Waals surface area contributed by atoms with E-state index in [2.05, 4.69) is 22.4 Å². The molecule has 3 aromatic rings. The highest BCUT2D eigenvalue weighted by Crippen LogP contribution is 2.38. The molecular formula is C22H24FN3O3. The van der Waals surface area contributed by atoms with E-state index in [1.165, 1.54) is 12.1 Å². The molecule has 0 saturated heterocycles. The third-order valence-electron chi connectivity index (χ3n) is 4.55. The fraction of sp³-hybridized carbons (Fsp3) is 0.273. The predicted octanol–water partition coefficient (Wildman–Crippen LogP) is 4.37. The highest BCUT2D eigenvalue weighted by molar-refractivity contribution is 5.97. The Kier molecular flexibility index (Phi) is 6.49. The number of rotatable bonds is 8. The summed E-state index contributed by atoms with van der Waals surface area (Å²) in [7, 11) is 3.17. The molecule has 0 aliphatic rings. The number of hydrogen-bond donors (Lipinski definition) is 2. The molecule has 1 heterocycles. The first-order chi connectivity index (χ1) is 14.0. The van der Waals surface area contributed by atoms with Gasteiger partial charge in [0.1, 0.15) is 23.0 Å². The first-order valence-electron chi connectivity index (χ1n) is 9.39. The molecule has 0 fully saturated rings. The summed E-state index contributed by atoms with van der Waals surface area (Å²) >= 11 is 0. The van der Waals surface area contributed by atoms with Gasteiger partial charge in [-0.05, 0) is 42.3 Å². The van der Waals surface area contributed by atoms with Crippen molar-refractivity contribution in [3.8, 4) is 22.8 Å². The van der Waals surface area contributed by atoms with Gasteiger partial charge >= 0.3 is 0 Å². The summed E-state index contributed by atoms with van der Waals surface area (Å²) in [5, 5.41) is 10.4. The van der Waals surface area contributed by atoms with Crippen molar-refractivity contribution < 1.29 is 18.7 Å². The molecule has 3 rings (SSSR count). The number of hydrogen-bond acceptors (Lipinski definition) is 4. The van der Waals surface area contributed by atoms with Crippen molar-refractivity contribution in [2.75, 3.05) is 19.5 Å². The number of benzene rings is 2. The topological polar surface area (TPSA) is 76.2 Å². The van der Waals surface area contributed by atoms with E-state index in [9.17, 15) is 9.18 Å². The highest BCUT2D eigenvalue weighted by Gasteiger charge is 2.20. The molecule has 0 radical (unpaired) electrons. The van der Waals surface area contributed by atoms with Gasteiger partial charge in [0.2, 0.25) is 5.91 Å².